The molecular formula is C16H16F3N3. The summed E-state index contributed by atoms with van der Waals surface area (Å²) in [5, 5.41) is 4.49. The first-order valence-corrected chi connectivity index (χ1v) is 7.51. The molecule has 1 aliphatic carbocycles. The first kappa shape index (κ1) is 13.8. The van der Waals surface area contributed by atoms with Crippen molar-refractivity contribution in [2.45, 2.75) is 50.2 Å². The molecule has 22 heavy (non-hydrogen) atoms. The van der Waals surface area contributed by atoms with Gasteiger partial charge in [-0.3, -0.25) is 0 Å². The Balaban J connectivity index is 1.82. The Labute approximate surface area is 126 Å². The van der Waals surface area contributed by atoms with Gasteiger partial charge in [-0.2, -0.15) is 18.3 Å². The second-order valence-electron chi connectivity index (χ2n) is 6.32. The number of aryl methyl sites for hydroxylation is 1. The Hall–Kier alpha value is -1.85. The molecule has 3 heterocycles. The van der Waals surface area contributed by atoms with E-state index in [1.807, 2.05) is 11.6 Å². The van der Waals surface area contributed by atoms with Gasteiger partial charge in [-0.15, -0.1) is 0 Å². The summed E-state index contributed by atoms with van der Waals surface area (Å²) in [7, 11) is 0. The van der Waals surface area contributed by atoms with Crippen molar-refractivity contribution in [2.75, 3.05) is 0 Å². The maximum absolute atomic E-state index is 12.8. The third kappa shape index (κ3) is 1.82. The highest BCUT2D eigenvalue weighted by Crippen LogP contribution is 2.52. The van der Waals surface area contributed by atoms with Crippen molar-refractivity contribution in [3.05, 3.63) is 47.0 Å². The minimum absolute atomic E-state index is 0.278. The monoisotopic (exact) mass is 307 g/mol. The zero-order valence-electron chi connectivity index (χ0n) is 12.2. The highest BCUT2D eigenvalue weighted by molar-refractivity contribution is 5.38. The van der Waals surface area contributed by atoms with Crippen LogP contribution < -0.4 is 0 Å². The van der Waals surface area contributed by atoms with E-state index in [4.69, 9.17) is 0 Å². The van der Waals surface area contributed by atoms with E-state index in [9.17, 15) is 13.2 Å². The van der Waals surface area contributed by atoms with Crippen molar-refractivity contribution in [1.29, 1.82) is 0 Å². The van der Waals surface area contributed by atoms with Crippen molar-refractivity contribution in [1.82, 2.24) is 14.8 Å². The Morgan fingerprint density at radius 2 is 1.77 bits per heavy atom. The number of halogens is 3. The van der Waals surface area contributed by atoms with Crippen LogP contribution in [0.25, 0.3) is 0 Å². The van der Waals surface area contributed by atoms with Gasteiger partial charge in [0, 0.05) is 0 Å². The second kappa shape index (κ2) is 4.33. The van der Waals surface area contributed by atoms with E-state index in [0.717, 1.165) is 42.9 Å². The molecule has 1 fully saturated rings. The van der Waals surface area contributed by atoms with E-state index in [0.29, 0.717) is 6.04 Å². The Bertz CT molecular complexity index is 707. The summed E-state index contributed by atoms with van der Waals surface area (Å²) in [6, 6.07) is 5.98. The molecule has 0 radical (unpaired) electrons. The van der Waals surface area contributed by atoms with Gasteiger partial charge in [-0.25, -0.2) is 9.67 Å². The van der Waals surface area contributed by atoms with Crippen LogP contribution in [-0.4, -0.2) is 14.8 Å². The number of hydrogen-bond donors (Lipinski definition) is 0. The molecule has 3 nitrogen and oxygen atoms in total. The molecule has 2 aliphatic heterocycles. The number of alkyl halides is 3. The lowest BCUT2D eigenvalue weighted by Crippen LogP contribution is -2.43. The number of nitrogens with zero attached hydrogens (tertiary/aromatic N) is 3. The van der Waals surface area contributed by atoms with Gasteiger partial charge in [0.1, 0.15) is 11.6 Å². The third-order valence-corrected chi connectivity index (χ3v) is 5.08. The van der Waals surface area contributed by atoms with Crippen molar-refractivity contribution in [3.8, 4) is 0 Å². The van der Waals surface area contributed by atoms with E-state index in [1.54, 1.807) is 12.1 Å². The molecule has 6 heteroatoms. The quantitative estimate of drug-likeness (QED) is 0.796. The summed E-state index contributed by atoms with van der Waals surface area (Å²) in [5.41, 5.74) is 0.0437. The van der Waals surface area contributed by atoms with Crippen molar-refractivity contribution >= 4 is 0 Å². The van der Waals surface area contributed by atoms with Gasteiger partial charge in [0.05, 0.1) is 17.0 Å². The first-order chi connectivity index (χ1) is 10.4. The first-order valence-electron chi connectivity index (χ1n) is 7.51. The summed E-state index contributed by atoms with van der Waals surface area (Å²) >= 11 is 0. The number of hydrogen-bond acceptors (Lipinski definition) is 2. The topological polar surface area (TPSA) is 30.7 Å². The van der Waals surface area contributed by atoms with Crippen molar-refractivity contribution in [2.24, 2.45) is 0 Å². The molecule has 3 aliphatic rings. The van der Waals surface area contributed by atoms with Gasteiger partial charge in [-0.1, -0.05) is 12.1 Å². The third-order valence-electron chi connectivity index (χ3n) is 5.08. The van der Waals surface area contributed by atoms with E-state index < -0.39 is 11.7 Å². The molecule has 0 atom stereocenters. The zero-order chi connectivity index (χ0) is 15.5. The zero-order valence-corrected chi connectivity index (χ0v) is 12.2. The lowest BCUT2D eigenvalue weighted by molar-refractivity contribution is -0.137. The molecule has 2 bridgehead atoms. The van der Waals surface area contributed by atoms with Crippen molar-refractivity contribution < 1.29 is 13.2 Å². The van der Waals surface area contributed by atoms with Crippen LogP contribution in [0.1, 0.15) is 54.5 Å². The molecule has 2 aromatic rings. The van der Waals surface area contributed by atoms with Gasteiger partial charge in [0.2, 0.25) is 0 Å². The molecule has 0 spiro atoms. The number of benzene rings is 1. The fourth-order valence-corrected chi connectivity index (χ4v) is 3.97. The lowest BCUT2D eigenvalue weighted by atomic mass is 9.65. The van der Waals surface area contributed by atoms with Crippen LogP contribution in [-0.2, 0) is 11.6 Å². The average molecular weight is 307 g/mol. The van der Waals surface area contributed by atoms with E-state index in [-0.39, 0.29) is 5.41 Å². The standard InChI is InChI=1S/C16H16F3N3/c1-10-20-14-15(8-6-13(7-9-15)22(14)21-10)11-2-4-12(5-3-11)16(17,18)19/h2-5,13H,6-9H2,1H3. The van der Waals surface area contributed by atoms with E-state index >= 15 is 0 Å². The largest absolute Gasteiger partial charge is 0.416 e. The molecule has 116 valence electrons. The fourth-order valence-electron chi connectivity index (χ4n) is 3.97. The van der Waals surface area contributed by atoms with Crippen molar-refractivity contribution in [3.63, 3.8) is 0 Å². The Kier molecular flexibility index (Phi) is 2.72. The summed E-state index contributed by atoms with van der Waals surface area (Å²) < 4.78 is 40.3. The normalized spacial score (nSPS) is 27.0. The lowest BCUT2D eigenvalue weighted by Gasteiger charge is -2.46. The number of rotatable bonds is 1. The van der Waals surface area contributed by atoms with E-state index in [1.165, 1.54) is 12.1 Å². The minimum atomic E-state index is -4.29. The molecular weight excluding hydrogens is 291 g/mol. The van der Waals surface area contributed by atoms with Crippen LogP contribution in [0.5, 0.6) is 0 Å². The molecule has 5 rings (SSSR count). The summed E-state index contributed by atoms with van der Waals surface area (Å²) in [6.07, 6.45) is -0.410. The molecule has 0 saturated heterocycles. The second-order valence-corrected chi connectivity index (χ2v) is 6.32. The fraction of sp³-hybridized carbons (Fsp3) is 0.500. The molecule has 0 unspecified atom stereocenters. The van der Waals surface area contributed by atoms with Gasteiger partial charge >= 0.3 is 6.18 Å². The molecule has 1 saturated carbocycles. The van der Waals surface area contributed by atoms with Crippen LogP contribution in [0, 0.1) is 6.92 Å². The Morgan fingerprint density at radius 3 is 2.36 bits per heavy atom. The number of aromatic nitrogens is 3. The maximum Gasteiger partial charge on any atom is 0.416 e. The molecule has 1 aromatic carbocycles. The predicted octanol–water partition coefficient (Wildman–Crippen LogP) is 4.02. The molecule has 1 aromatic heterocycles. The van der Waals surface area contributed by atoms with Gasteiger partial charge in [0.15, 0.2) is 0 Å². The average Bonchev–Trinajstić information content (AvgIpc) is 2.91. The smallest absolute Gasteiger partial charge is 0.246 e. The molecule has 0 N–H and O–H groups in total. The molecule has 0 amide bonds. The Morgan fingerprint density at radius 1 is 1.14 bits per heavy atom. The van der Waals surface area contributed by atoms with Crippen LogP contribution in [0.15, 0.2) is 24.3 Å². The maximum atomic E-state index is 12.8. The van der Waals surface area contributed by atoms with Gasteiger partial charge in [0.25, 0.3) is 0 Å². The SMILES string of the molecule is Cc1nc2n(n1)C1CCC2(c2ccc(C(F)(F)F)cc2)CC1. The summed E-state index contributed by atoms with van der Waals surface area (Å²) in [5.74, 6) is 1.66. The summed E-state index contributed by atoms with van der Waals surface area (Å²) in [4.78, 5) is 4.58. The number of fused-ring (bicyclic) bond motifs is 2. The van der Waals surface area contributed by atoms with Crippen LogP contribution in [0.3, 0.4) is 0 Å². The van der Waals surface area contributed by atoms with Gasteiger partial charge < -0.3 is 0 Å². The highest BCUT2D eigenvalue weighted by Gasteiger charge is 2.48. The highest BCUT2D eigenvalue weighted by atomic mass is 19.4. The van der Waals surface area contributed by atoms with E-state index in [2.05, 4.69) is 10.1 Å². The summed E-state index contributed by atoms with van der Waals surface area (Å²) in [6.45, 7) is 1.87. The van der Waals surface area contributed by atoms with Crippen LogP contribution >= 0.6 is 0 Å². The van der Waals surface area contributed by atoms with Crippen LogP contribution in [0.4, 0.5) is 13.2 Å². The minimum Gasteiger partial charge on any atom is -0.246 e. The van der Waals surface area contributed by atoms with Gasteiger partial charge in [-0.05, 0) is 50.3 Å². The van der Waals surface area contributed by atoms with Crippen LogP contribution in [0.2, 0.25) is 0 Å². The predicted molar refractivity (Wildman–Crippen MR) is 74.5 cm³/mol.